The van der Waals surface area contributed by atoms with Gasteiger partial charge in [-0.2, -0.15) is 4.31 Å². The zero-order chi connectivity index (χ0) is 20.7. The molecule has 0 bridgehead atoms. The quantitative estimate of drug-likeness (QED) is 0.701. The van der Waals surface area contributed by atoms with Gasteiger partial charge in [0.1, 0.15) is 5.82 Å². The third kappa shape index (κ3) is 6.13. The Morgan fingerprint density at radius 3 is 2.31 bits per heavy atom. The van der Waals surface area contributed by atoms with Crippen molar-refractivity contribution in [2.45, 2.75) is 0 Å². The minimum Gasteiger partial charge on any atom is -0.369 e. The Morgan fingerprint density at radius 1 is 1.00 bits per heavy atom. The van der Waals surface area contributed by atoms with Crippen molar-refractivity contribution in [3.8, 4) is 0 Å². The molecule has 1 saturated heterocycles. The number of halogens is 1. The van der Waals surface area contributed by atoms with Gasteiger partial charge in [0.2, 0.25) is 15.9 Å². The topological polar surface area (TPSA) is 69.7 Å². The molecule has 0 atom stereocenters. The van der Waals surface area contributed by atoms with Crippen LogP contribution in [-0.2, 0) is 14.8 Å². The summed E-state index contributed by atoms with van der Waals surface area (Å²) < 4.78 is 39.5. The van der Waals surface area contributed by atoms with E-state index in [2.05, 4.69) is 5.32 Å². The Morgan fingerprint density at radius 2 is 1.66 bits per heavy atom. The van der Waals surface area contributed by atoms with Crippen molar-refractivity contribution in [2.75, 3.05) is 43.4 Å². The molecular formula is C21H24FN3O3S. The summed E-state index contributed by atoms with van der Waals surface area (Å²) in [5.41, 5.74) is 1.77. The highest BCUT2D eigenvalue weighted by atomic mass is 32.2. The van der Waals surface area contributed by atoms with E-state index in [1.165, 1.54) is 22.5 Å². The third-order valence-electron chi connectivity index (χ3n) is 4.71. The van der Waals surface area contributed by atoms with Gasteiger partial charge < -0.3 is 10.2 Å². The molecule has 6 nitrogen and oxygen atoms in total. The Bertz CT molecular complexity index is 939. The van der Waals surface area contributed by atoms with Gasteiger partial charge in [-0.1, -0.05) is 30.3 Å². The average Bonchev–Trinajstić information content (AvgIpc) is 2.73. The van der Waals surface area contributed by atoms with Crippen LogP contribution in [0.5, 0.6) is 0 Å². The Labute approximate surface area is 170 Å². The summed E-state index contributed by atoms with van der Waals surface area (Å²) in [6.07, 6.45) is 3.07. The van der Waals surface area contributed by atoms with Crippen molar-refractivity contribution in [2.24, 2.45) is 0 Å². The number of anilines is 1. The van der Waals surface area contributed by atoms with Crippen molar-refractivity contribution in [3.05, 3.63) is 72.1 Å². The summed E-state index contributed by atoms with van der Waals surface area (Å²) in [6, 6.07) is 15.6. The van der Waals surface area contributed by atoms with Gasteiger partial charge in [0, 0.05) is 44.5 Å². The number of sulfonamides is 1. The molecule has 154 valence electrons. The fourth-order valence-corrected chi connectivity index (χ4v) is 4.44. The first-order valence-corrected chi connectivity index (χ1v) is 11.0. The molecule has 1 aliphatic heterocycles. The number of nitrogens with one attached hydrogen (secondary N) is 1. The molecule has 1 N–H and O–H groups in total. The van der Waals surface area contributed by atoms with Gasteiger partial charge in [0.15, 0.2) is 0 Å². The Hall–Kier alpha value is -2.71. The molecule has 29 heavy (non-hydrogen) atoms. The molecule has 0 radical (unpaired) electrons. The number of rotatable bonds is 7. The molecule has 0 aliphatic carbocycles. The van der Waals surface area contributed by atoms with E-state index in [4.69, 9.17) is 0 Å². The van der Waals surface area contributed by atoms with Crippen molar-refractivity contribution >= 4 is 27.7 Å². The van der Waals surface area contributed by atoms with E-state index < -0.39 is 10.0 Å². The molecule has 0 unspecified atom stereocenters. The highest BCUT2D eigenvalue weighted by Crippen LogP contribution is 2.18. The fourth-order valence-electron chi connectivity index (χ4n) is 3.10. The lowest BCUT2D eigenvalue weighted by atomic mass is 10.2. The smallest absolute Gasteiger partial charge is 0.244 e. The molecule has 1 amide bonds. The van der Waals surface area contributed by atoms with Crippen molar-refractivity contribution in [1.82, 2.24) is 9.62 Å². The number of nitrogens with zero attached hydrogens (tertiary/aromatic N) is 2. The van der Waals surface area contributed by atoms with Gasteiger partial charge >= 0.3 is 0 Å². The summed E-state index contributed by atoms with van der Waals surface area (Å²) >= 11 is 0. The molecule has 2 aromatic carbocycles. The second kappa shape index (κ2) is 9.67. The maximum absolute atomic E-state index is 13.0. The number of hydrogen-bond donors (Lipinski definition) is 1. The molecule has 0 spiro atoms. The summed E-state index contributed by atoms with van der Waals surface area (Å²) in [5, 5.41) is 2.61. The van der Waals surface area contributed by atoms with E-state index in [0.29, 0.717) is 26.2 Å². The maximum atomic E-state index is 13.0. The van der Waals surface area contributed by atoms with Gasteiger partial charge in [0.05, 0.1) is 5.75 Å². The van der Waals surface area contributed by atoms with Crippen LogP contribution in [0, 0.1) is 5.82 Å². The van der Waals surface area contributed by atoms with E-state index in [-0.39, 0.29) is 24.0 Å². The van der Waals surface area contributed by atoms with Crippen LogP contribution in [0.1, 0.15) is 5.56 Å². The third-order valence-corrected chi connectivity index (χ3v) is 6.58. The van der Waals surface area contributed by atoms with Gasteiger partial charge in [-0.25, -0.2) is 12.8 Å². The molecule has 2 aromatic rings. The number of amides is 1. The lowest BCUT2D eigenvalue weighted by molar-refractivity contribution is -0.116. The van der Waals surface area contributed by atoms with Crippen molar-refractivity contribution in [3.63, 3.8) is 0 Å². The van der Waals surface area contributed by atoms with Crippen LogP contribution in [0.25, 0.3) is 6.08 Å². The lowest BCUT2D eigenvalue weighted by Crippen LogP contribution is -2.50. The molecule has 0 aromatic heterocycles. The zero-order valence-electron chi connectivity index (χ0n) is 16.0. The summed E-state index contributed by atoms with van der Waals surface area (Å²) in [5.74, 6) is -0.769. The second-order valence-corrected chi connectivity index (χ2v) is 8.80. The number of carbonyl (C=O) groups is 1. The number of piperazine rings is 1. The molecule has 0 saturated carbocycles. The molecule has 1 heterocycles. The first kappa shape index (κ1) is 21.0. The van der Waals surface area contributed by atoms with E-state index in [1.807, 2.05) is 35.2 Å². The number of hydrogen-bond acceptors (Lipinski definition) is 4. The summed E-state index contributed by atoms with van der Waals surface area (Å²) in [4.78, 5) is 13.9. The lowest BCUT2D eigenvalue weighted by Gasteiger charge is -2.35. The Balaban J connectivity index is 1.43. The standard InChI is InChI=1S/C21H24FN3O3S/c22-19-7-9-20(10-8-19)24-13-15-25(16-14-24)29(27,28)17-12-23-21(26)11-6-18-4-2-1-3-5-18/h1-11H,12-17H2,(H,23,26). The van der Waals surface area contributed by atoms with Crippen LogP contribution in [0.3, 0.4) is 0 Å². The second-order valence-electron chi connectivity index (χ2n) is 6.71. The fraction of sp³-hybridized carbons (Fsp3) is 0.286. The zero-order valence-corrected chi connectivity index (χ0v) is 16.8. The van der Waals surface area contributed by atoms with E-state index in [9.17, 15) is 17.6 Å². The predicted octanol–water partition coefficient (Wildman–Crippen LogP) is 2.11. The Kier molecular flexibility index (Phi) is 7.00. The molecular weight excluding hydrogens is 393 g/mol. The molecule has 1 fully saturated rings. The van der Waals surface area contributed by atoms with Crippen molar-refractivity contribution < 1.29 is 17.6 Å². The van der Waals surface area contributed by atoms with Gasteiger partial charge in [-0.05, 0) is 35.9 Å². The van der Waals surface area contributed by atoms with E-state index in [0.717, 1.165) is 11.3 Å². The van der Waals surface area contributed by atoms with Gasteiger partial charge in [-0.15, -0.1) is 0 Å². The maximum Gasteiger partial charge on any atom is 0.244 e. The van der Waals surface area contributed by atoms with E-state index in [1.54, 1.807) is 18.2 Å². The SMILES string of the molecule is O=C(C=Cc1ccccc1)NCCS(=O)(=O)N1CCN(c2ccc(F)cc2)CC1. The van der Waals surface area contributed by atoms with Crippen LogP contribution in [0.15, 0.2) is 60.7 Å². The molecule has 3 rings (SSSR count). The normalized spacial score (nSPS) is 15.6. The minimum atomic E-state index is -3.45. The van der Waals surface area contributed by atoms with Gasteiger partial charge in [-0.3, -0.25) is 4.79 Å². The van der Waals surface area contributed by atoms with Crippen LogP contribution < -0.4 is 10.2 Å². The summed E-state index contributed by atoms with van der Waals surface area (Å²) in [6.45, 7) is 1.86. The minimum absolute atomic E-state index is 0.0540. The van der Waals surface area contributed by atoms with Crippen LogP contribution >= 0.6 is 0 Å². The van der Waals surface area contributed by atoms with Crippen LogP contribution in [0.4, 0.5) is 10.1 Å². The monoisotopic (exact) mass is 417 g/mol. The number of carbonyl (C=O) groups excluding carboxylic acids is 1. The highest BCUT2D eigenvalue weighted by Gasteiger charge is 2.26. The number of benzene rings is 2. The average molecular weight is 418 g/mol. The first-order chi connectivity index (χ1) is 13.9. The molecule has 8 heteroatoms. The van der Waals surface area contributed by atoms with Crippen molar-refractivity contribution in [1.29, 1.82) is 0 Å². The van der Waals surface area contributed by atoms with Crippen LogP contribution in [0.2, 0.25) is 0 Å². The predicted molar refractivity (Wildman–Crippen MR) is 112 cm³/mol. The van der Waals surface area contributed by atoms with Crippen LogP contribution in [-0.4, -0.2) is 57.1 Å². The van der Waals surface area contributed by atoms with Gasteiger partial charge in [0.25, 0.3) is 0 Å². The molecule has 1 aliphatic rings. The highest BCUT2D eigenvalue weighted by molar-refractivity contribution is 7.89. The largest absolute Gasteiger partial charge is 0.369 e. The first-order valence-electron chi connectivity index (χ1n) is 9.43. The summed E-state index contributed by atoms with van der Waals surface area (Å²) in [7, 11) is -3.45. The van der Waals surface area contributed by atoms with E-state index >= 15 is 0 Å².